The van der Waals surface area contributed by atoms with Gasteiger partial charge in [-0.15, -0.1) is 0 Å². The molecule has 0 radical (unpaired) electrons. The van der Waals surface area contributed by atoms with Crippen molar-refractivity contribution in [2.24, 2.45) is 0 Å². The molecule has 1 N–H and O–H groups in total. The lowest BCUT2D eigenvalue weighted by Gasteiger charge is -2.28. The van der Waals surface area contributed by atoms with Crippen LogP contribution < -0.4 is 5.32 Å². The van der Waals surface area contributed by atoms with Gasteiger partial charge in [-0.25, -0.2) is 0 Å². The molecular weight excluding hydrogens is 196 g/mol. The molecule has 0 saturated carbocycles. The van der Waals surface area contributed by atoms with Crippen LogP contribution in [0.3, 0.4) is 0 Å². The van der Waals surface area contributed by atoms with Gasteiger partial charge in [0, 0.05) is 19.6 Å². The van der Waals surface area contributed by atoms with E-state index in [4.69, 9.17) is 4.74 Å². The number of rotatable bonds is 1. The first kappa shape index (κ1) is 10.4. The van der Waals surface area contributed by atoms with Gasteiger partial charge in [0.2, 0.25) is 11.8 Å². The molecule has 0 aromatic rings. The lowest BCUT2D eigenvalue weighted by Crippen LogP contribution is -2.45. The van der Waals surface area contributed by atoms with Crippen LogP contribution in [0.4, 0.5) is 0 Å². The molecule has 2 fully saturated rings. The molecule has 0 aromatic carbocycles. The third-order valence-electron chi connectivity index (χ3n) is 3.07. The quantitative estimate of drug-likeness (QED) is 0.638. The monoisotopic (exact) mass is 212 g/mol. The van der Waals surface area contributed by atoms with Crippen molar-refractivity contribution in [2.45, 2.75) is 31.9 Å². The van der Waals surface area contributed by atoms with Crippen molar-refractivity contribution in [3.63, 3.8) is 0 Å². The van der Waals surface area contributed by atoms with E-state index < -0.39 is 0 Å². The van der Waals surface area contributed by atoms with Crippen LogP contribution in [0.2, 0.25) is 0 Å². The Balaban J connectivity index is 2.06. The largest absolute Gasteiger partial charge is 0.376 e. The molecule has 0 spiro atoms. The maximum absolute atomic E-state index is 11.7. The van der Waals surface area contributed by atoms with Crippen LogP contribution >= 0.6 is 0 Å². The van der Waals surface area contributed by atoms with Gasteiger partial charge in [0.05, 0.1) is 18.7 Å². The highest BCUT2D eigenvalue weighted by atomic mass is 16.5. The second-order valence-corrected chi connectivity index (χ2v) is 4.05. The summed E-state index contributed by atoms with van der Waals surface area (Å²) in [5.41, 5.74) is 0. The fourth-order valence-corrected chi connectivity index (χ4v) is 2.19. The molecule has 5 heteroatoms. The average molecular weight is 212 g/mol. The third kappa shape index (κ3) is 2.12. The Morgan fingerprint density at radius 1 is 1.47 bits per heavy atom. The van der Waals surface area contributed by atoms with Crippen molar-refractivity contribution in [3.8, 4) is 0 Å². The number of carbonyl (C=O) groups excluding carboxylic acids is 2. The molecule has 0 aliphatic carbocycles. The number of hydrogen-bond acceptors (Lipinski definition) is 3. The molecular formula is C10H16N2O3. The molecule has 2 saturated heterocycles. The second-order valence-electron chi connectivity index (χ2n) is 4.05. The van der Waals surface area contributed by atoms with Crippen LogP contribution in [0.1, 0.15) is 19.8 Å². The minimum absolute atomic E-state index is 0.00296. The van der Waals surface area contributed by atoms with Gasteiger partial charge in [0.1, 0.15) is 0 Å². The maximum Gasteiger partial charge on any atom is 0.242 e. The Morgan fingerprint density at radius 2 is 2.27 bits per heavy atom. The lowest BCUT2D eigenvalue weighted by atomic mass is 10.1. The molecule has 2 rings (SSSR count). The lowest BCUT2D eigenvalue weighted by molar-refractivity contribution is -0.133. The third-order valence-corrected chi connectivity index (χ3v) is 3.07. The van der Waals surface area contributed by atoms with E-state index in [1.54, 1.807) is 4.90 Å². The van der Waals surface area contributed by atoms with Crippen LogP contribution in [0.15, 0.2) is 0 Å². The summed E-state index contributed by atoms with van der Waals surface area (Å²) in [6, 6.07) is 0.144. The highest BCUT2D eigenvalue weighted by Crippen LogP contribution is 2.20. The molecule has 2 aliphatic heterocycles. The van der Waals surface area contributed by atoms with Crippen molar-refractivity contribution in [1.82, 2.24) is 10.2 Å². The predicted molar refractivity (Wildman–Crippen MR) is 53.2 cm³/mol. The summed E-state index contributed by atoms with van der Waals surface area (Å²) in [4.78, 5) is 24.7. The van der Waals surface area contributed by atoms with Gasteiger partial charge in [-0.3, -0.25) is 9.59 Å². The number of amides is 2. The number of carbonyl (C=O) groups is 2. The number of hydrogen-bond donors (Lipinski definition) is 1. The van der Waals surface area contributed by atoms with Crippen LogP contribution in [0.25, 0.3) is 0 Å². The Hall–Kier alpha value is -1.10. The Kier molecular flexibility index (Phi) is 2.90. The zero-order valence-corrected chi connectivity index (χ0v) is 8.86. The maximum atomic E-state index is 11.7. The van der Waals surface area contributed by atoms with Crippen molar-refractivity contribution in [1.29, 1.82) is 0 Å². The van der Waals surface area contributed by atoms with Crippen LogP contribution in [0, 0.1) is 0 Å². The van der Waals surface area contributed by atoms with Gasteiger partial charge in [0.25, 0.3) is 0 Å². The molecule has 84 valence electrons. The molecule has 15 heavy (non-hydrogen) atoms. The summed E-state index contributed by atoms with van der Waals surface area (Å²) < 4.78 is 5.44. The first-order chi connectivity index (χ1) is 7.18. The first-order valence-electron chi connectivity index (χ1n) is 5.36. The Labute approximate surface area is 88.8 Å². The van der Waals surface area contributed by atoms with E-state index >= 15 is 0 Å². The minimum Gasteiger partial charge on any atom is -0.376 e. The van der Waals surface area contributed by atoms with Gasteiger partial charge in [-0.1, -0.05) is 0 Å². The van der Waals surface area contributed by atoms with Crippen molar-refractivity contribution >= 4 is 11.8 Å². The van der Waals surface area contributed by atoms with Crippen LogP contribution in [0.5, 0.6) is 0 Å². The number of nitrogens with zero attached hydrogens (tertiary/aromatic N) is 1. The van der Waals surface area contributed by atoms with E-state index in [-0.39, 0.29) is 30.5 Å². The fraction of sp³-hybridized carbons (Fsp3) is 0.800. The van der Waals surface area contributed by atoms with E-state index in [1.807, 2.05) is 6.92 Å². The second kappa shape index (κ2) is 4.18. The van der Waals surface area contributed by atoms with Crippen molar-refractivity contribution < 1.29 is 14.3 Å². The Morgan fingerprint density at radius 3 is 2.93 bits per heavy atom. The SMILES string of the molecule is CC1OCCC1N1CCC(=O)NCC1=O. The highest BCUT2D eigenvalue weighted by molar-refractivity contribution is 5.87. The zero-order chi connectivity index (χ0) is 10.8. The predicted octanol–water partition coefficient (Wildman–Crippen LogP) is -0.488. The van der Waals surface area contributed by atoms with E-state index in [2.05, 4.69) is 5.32 Å². The van der Waals surface area contributed by atoms with Gasteiger partial charge >= 0.3 is 0 Å². The zero-order valence-electron chi connectivity index (χ0n) is 8.86. The molecule has 5 nitrogen and oxygen atoms in total. The van der Waals surface area contributed by atoms with E-state index in [9.17, 15) is 9.59 Å². The number of ether oxygens (including phenoxy) is 1. The average Bonchev–Trinajstić information content (AvgIpc) is 2.55. The van der Waals surface area contributed by atoms with E-state index in [0.29, 0.717) is 19.6 Å². The van der Waals surface area contributed by atoms with Crippen LogP contribution in [-0.2, 0) is 14.3 Å². The van der Waals surface area contributed by atoms with E-state index in [0.717, 1.165) is 6.42 Å². The molecule has 0 aromatic heterocycles. The molecule has 2 aliphatic rings. The summed E-state index contributed by atoms with van der Waals surface area (Å²) in [7, 11) is 0. The standard InChI is InChI=1S/C10H16N2O3/c1-7-8(3-5-15-7)12-4-2-9(13)11-6-10(12)14/h7-8H,2-6H2,1H3,(H,11,13). The smallest absolute Gasteiger partial charge is 0.242 e. The van der Waals surface area contributed by atoms with Gasteiger partial charge in [-0.05, 0) is 13.3 Å². The first-order valence-corrected chi connectivity index (χ1v) is 5.36. The highest BCUT2D eigenvalue weighted by Gasteiger charge is 2.34. The van der Waals surface area contributed by atoms with Crippen molar-refractivity contribution in [2.75, 3.05) is 19.7 Å². The summed E-state index contributed by atoms with van der Waals surface area (Å²) >= 11 is 0. The topological polar surface area (TPSA) is 58.6 Å². The van der Waals surface area contributed by atoms with Gasteiger partial charge in [-0.2, -0.15) is 0 Å². The molecule has 0 bridgehead atoms. The minimum atomic E-state index is -0.0441. The summed E-state index contributed by atoms with van der Waals surface area (Å²) in [6.45, 7) is 3.33. The normalized spacial score (nSPS) is 32.7. The fourth-order valence-electron chi connectivity index (χ4n) is 2.19. The molecule has 2 unspecified atom stereocenters. The molecule has 2 amide bonds. The van der Waals surface area contributed by atoms with Gasteiger partial charge < -0.3 is 15.0 Å². The number of nitrogens with one attached hydrogen (secondary N) is 1. The van der Waals surface area contributed by atoms with Crippen LogP contribution in [-0.4, -0.2) is 48.6 Å². The summed E-state index contributed by atoms with van der Waals surface area (Å²) in [6.07, 6.45) is 1.36. The Bertz CT molecular complexity index is 280. The summed E-state index contributed by atoms with van der Waals surface area (Å²) in [5.74, 6) is -0.0411. The van der Waals surface area contributed by atoms with E-state index in [1.165, 1.54) is 0 Å². The van der Waals surface area contributed by atoms with Crippen molar-refractivity contribution in [3.05, 3.63) is 0 Å². The van der Waals surface area contributed by atoms with Gasteiger partial charge in [0.15, 0.2) is 0 Å². The summed E-state index contributed by atoms with van der Waals surface area (Å²) in [5, 5.41) is 2.59. The molecule has 2 heterocycles. The molecule has 2 atom stereocenters.